The van der Waals surface area contributed by atoms with E-state index in [2.05, 4.69) is 5.32 Å². The highest BCUT2D eigenvalue weighted by molar-refractivity contribution is 7.89. The number of amides is 1. The smallest absolute Gasteiger partial charge is 0.342 e. The molecule has 2 aromatic carbocycles. The van der Waals surface area contributed by atoms with Crippen LogP contribution in [0.4, 0.5) is 0 Å². The Morgan fingerprint density at radius 1 is 1.14 bits per heavy atom. The topological polar surface area (TPSA) is 125 Å². The number of benzene rings is 2. The van der Waals surface area contributed by atoms with Crippen molar-refractivity contribution in [2.24, 2.45) is 5.14 Å². The van der Waals surface area contributed by atoms with Gasteiger partial charge >= 0.3 is 5.97 Å². The van der Waals surface area contributed by atoms with Gasteiger partial charge in [-0.15, -0.1) is 0 Å². The van der Waals surface area contributed by atoms with Crippen LogP contribution in [0.3, 0.4) is 0 Å². The maximum Gasteiger partial charge on any atom is 0.342 e. The molecule has 0 aliphatic rings. The van der Waals surface area contributed by atoms with Gasteiger partial charge in [-0.2, -0.15) is 0 Å². The van der Waals surface area contributed by atoms with Crippen LogP contribution in [0.5, 0.6) is 5.75 Å². The molecule has 0 radical (unpaired) electrons. The number of nitrogens with one attached hydrogen (secondary N) is 1. The van der Waals surface area contributed by atoms with Crippen molar-refractivity contribution in [1.29, 1.82) is 0 Å². The van der Waals surface area contributed by atoms with Gasteiger partial charge in [-0.3, -0.25) is 4.79 Å². The summed E-state index contributed by atoms with van der Waals surface area (Å²) in [6.07, 6.45) is -0.441. The zero-order valence-electron chi connectivity index (χ0n) is 15.5. The lowest BCUT2D eigenvalue weighted by molar-refractivity contribution is -0.129. The standard InChI is InChI=1S/C19H22N2O6S/c1-13(18(22)21-11-10-14-6-4-3-5-7-14)27-19(23)16-12-15(28(20,24)25)8-9-17(16)26-2/h3-9,12-13H,10-11H2,1-2H3,(H,21,22)(H2,20,24,25). The lowest BCUT2D eigenvalue weighted by atomic mass is 10.1. The first-order valence-electron chi connectivity index (χ1n) is 8.46. The highest BCUT2D eigenvalue weighted by atomic mass is 32.2. The van der Waals surface area contributed by atoms with Crippen LogP contribution in [0.1, 0.15) is 22.8 Å². The Morgan fingerprint density at radius 3 is 2.43 bits per heavy atom. The monoisotopic (exact) mass is 406 g/mol. The van der Waals surface area contributed by atoms with E-state index in [1.807, 2.05) is 30.3 Å². The Bertz CT molecular complexity index is 944. The third-order valence-electron chi connectivity index (χ3n) is 3.93. The minimum atomic E-state index is -4.01. The average molecular weight is 406 g/mol. The molecule has 3 N–H and O–H groups in total. The van der Waals surface area contributed by atoms with Crippen LogP contribution in [0.2, 0.25) is 0 Å². The van der Waals surface area contributed by atoms with E-state index < -0.39 is 28.0 Å². The van der Waals surface area contributed by atoms with Gasteiger partial charge in [-0.05, 0) is 37.1 Å². The molecule has 0 aliphatic heterocycles. The van der Waals surface area contributed by atoms with Crippen molar-refractivity contribution >= 4 is 21.9 Å². The van der Waals surface area contributed by atoms with E-state index in [4.69, 9.17) is 14.6 Å². The molecule has 0 saturated heterocycles. The minimum absolute atomic E-state index is 0.106. The summed E-state index contributed by atoms with van der Waals surface area (Å²) in [5.41, 5.74) is 0.926. The van der Waals surface area contributed by atoms with Gasteiger partial charge in [0.05, 0.1) is 12.0 Å². The molecule has 0 aromatic heterocycles. The number of hydrogen-bond donors (Lipinski definition) is 2. The predicted molar refractivity (Wildman–Crippen MR) is 102 cm³/mol. The summed E-state index contributed by atoms with van der Waals surface area (Å²) in [5.74, 6) is -1.26. The van der Waals surface area contributed by atoms with Gasteiger partial charge in [0.15, 0.2) is 6.10 Å². The van der Waals surface area contributed by atoms with Crippen molar-refractivity contribution in [1.82, 2.24) is 5.32 Å². The first kappa shape index (κ1) is 21.4. The SMILES string of the molecule is COc1ccc(S(N)(=O)=O)cc1C(=O)OC(C)C(=O)NCCc1ccccc1. The van der Waals surface area contributed by atoms with Crippen molar-refractivity contribution in [2.45, 2.75) is 24.3 Å². The van der Waals surface area contributed by atoms with E-state index in [1.54, 1.807) is 0 Å². The molecule has 1 unspecified atom stereocenters. The second-order valence-electron chi connectivity index (χ2n) is 5.98. The van der Waals surface area contributed by atoms with Crippen molar-refractivity contribution < 1.29 is 27.5 Å². The average Bonchev–Trinajstić information content (AvgIpc) is 2.67. The fraction of sp³-hybridized carbons (Fsp3) is 0.263. The summed E-state index contributed by atoms with van der Waals surface area (Å²) >= 11 is 0. The Kier molecular flexibility index (Phi) is 7.13. The summed E-state index contributed by atoms with van der Waals surface area (Å²) in [6, 6.07) is 13.2. The van der Waals surface area contributed by atoms with Crippen LogP contribution in [-0.4, -0.2) is 40.1 Å². The van der Waals surface area contributed by atoms with Gasteiger partial charge in [0.25, 0.3) is 5.91 Å². The van der Waals surface area contributed by atoms with Gasteiger partial charge in [0, 0.05) is 6.54 Å². The summed E-state index contributed by atoms with van der Waals surface area (Å²) < 4.78 is 33.2. The highest BCUT2D eigenvalue weighted by Gasteiger charge is 2.23. The third kappa shape index (κ3) is 5.80. The number of rotatable bonds is 8. The molecule has 0 saturated carbocycles. The molecule has 0 bridgehead atoms. The van der Waals surface area contributed by atoms with Crippen molar-refractivity contribution in [2.75, 3.05) is 13.7 Å². The number of carbonyl (C=O) groups excluding carboxylic acids is 2. The number of methoxy groups -OCH3 is 1. The first-order chi connectivity index (χ1) is 13.2. The second kappa shape index (κ2) is 9.34. The maximum atomic E-state index is 12.4. The second-order valence-corrected chi connectivity index (χ2v) is 7.54. The van der Waals surface area contributed by atoms with Gasteiger partial charge in [-0.25, -0.2) is 18.4 Å². The molecule has 2 aromatic rings. The van der Waals surface area contributed by atoms with Crippen molar-refractivity contribution in [3.63, 3.8) is 0 Å². The first-order valence-corrected chi connectivity index (χ1v) is 10.0. The summed E-state index contributed by atoms with van der Waals surface area (Å²) in [4.78, 5) is 24.3. The van der Waals surface area contributed by atoms with Gasteiger partial charge in [-0.1, -0.05) is 30.3 Å². The highest BCUT2D eigenvalue weighted by Crippen LogP contribution is 2.23. The fourth-order valence-corrected chi connectivity index (χ4v) is 2.96. The molecule has 2 rings (SSSR count). The molecule has 0 aliphatic carbocycles. The maximum absolute atomic E-state index is 12.4. The predicted octanol–water partition coefficient (Wildman–Crippen LogP) is 1.25. The zero-order chi connectivity index (χ0) is 20.7. The number of esters is 1. The Balaban J connectivity index is 2.00. The largest absolute Gasteiger partial charge is 0.496 e. The van der Waals surface area contributed by atoms with Crippen LogP contribution < -0.4 is 15.2 Å². The molecule has 9 heteroatoms. The number of ether oxygens (including phenoxy) is 2. The van der Waals surface area contributed by atoms with E-state index in [0.29, 0.717) is 13.0 Å². The van der Waals surface area contributed by atoms with Crippen LogP contribution in [0, 0.1) is 0 Å². The molecule has 0 spiro atoms. The lowest BCUT2D eigenvalue weighted by Crippen LogP contribution is -2.37. The van der Waals surface area contributed by atoms with Crippen LogP contribution in [0.25, 0.3) is 0 Å². The van der Waals surface area contributed by atoms with Crippen LogP contribution in [0.15, 0.2) is 53.4 Å². The number of carbonyl (C=O) groups is 2. The van der Waals surface area contributed by atoms with Gasteiger partial charge < -0.3 is 14.8 Å². The van der Waals surface area contributed by atoms with Crippen LogP contribution in [-0.2, 0) is 26.0 Å². The molecule has 150 valence electrons. The van der Waals surface area contributed by atoms with Crippen molar-refractivity contribution in [3.8, 4) is 5.75 Å². The summed E-state index contributed by atoms with van der Waals surface area (Å²) in [5, 5.41) is 7.77. The number of hydrogen-bond acceptors (Lipinski definition) is 6. The van der Waals surface area contributed by atoms with Gasteiger partial charge in [0.1, 0.15) is 11.3 Å². The molecule has 1 atom stereocenters. The number of primary sulfonamides is 1. The zero-order valence-corrected chi connectivity index (χ0v) is 16.4. The Labute approximate surface area is 163 Å². The normalized spacial score (nSPS) is 12.1. The van der Waals surface area contributed by atoms with E-state index >= 15 is 0 Å². The number of nitrogens with two attached hydrogens (primary N) is 1. The molecule has 1 amide bonds. The molecule has 8 nitrogen and oxygen atoms in total. The fourth-order valence-electron chi connectivity index (χ4n) is 2.42. The Hall–Kier alpha value is -2.91. The van der Waals surface area contributed by atoms with E-state index in [-0.39, 0.29) is 16.2 Å². The van der Waals surface area contributed by atoms with Crippen LogP contribution >= 0.6 is 0 Å². The lowest BCUT2D eigenvalue weighted by Gasteiger charge is -2.15. The third-order valence-corrected chi connectivity index (χ3v) is 4.84. The molecule has 0 heterocycles. The molecular weight excluding hydrogens is 384 g/mol. The van der Waals surface area contributed by atoms with E-state index in [1.165, 1.54) is 26.2 Å². The number of sulfonamides is 1. The molecular formula is C19H22N2O6S. The Morgan fingerprint density at radius 2 is 1.82 bits per heavy atom. The molecule has 28 heavy (non-hydrogen) atoms. The summed E-state index contributed by atoms with van der Waals surface area (Å²) in [7, 11) is -2.69. The van der Waals surface area contributed by atoms with Crippen molar-refractivity contribution in [3.05, 3.63) is 59.7 Å². The molecule has 0 fully saturated rings. The summed E-state index contributed by atoms with van der Waals surface area (Å²) in [6.45, 7) is 1.81. The van der Waals surface area contributed by atoms with Gasteiger partial charge in [0.2, 0.25) is 10.0 Å². The minimum Gasteiger partial charge on any atom is -0.496 e. The van der Waals surface area contributed by atoms with E-state index in [9.17, 15) is 18.0 Å². The van der Waals surface area contributed by atoms with E-state index in [0.717, 1.165) is 11.6 Å². The quantitative estimate of drug-likeness (QED) is 0.636.